The Kier molecular flexibility index (Phi) is 15.8. The summed E-state index contributed by atoms with van der Waals surface area (Å²) in [6.07, 6.45) is 14.8. The Morgan fingerprint density at radius 1 is 0.760 bits per heavy atom. The number of halogens is 2. The van der Waals surface area contributed by atoms with Gasteiger partial charge in [-0.3, -0.25) is 12.2 Å². The molecule has 4 aliphatic rings. The van der Waals surface area contributed by atoms with Gasteiger partial charge in [-0.1, -0.05) is 113 Å². The van der Waals surface area contributed by atoms with Crippen LogP contribution >= 0.6 is 24.8 Å². The largest absolute Gasteiger partial charge is 0.358 e. The van der Waals surface area contributed by atoms with Crippen LogP contribution < -0.4 is 0 Å². The molecule has 3 aromatic rings. The molecule has 0 radical (unpaired) electrons. The van der Waals surface area contributed by atoms with E-state index in [2.05, 4.69) is 149 Å². The molecule has 0 saturated heterocycles. The Morgan fingerprint density at radius 3 is 1.68 bits per heavy atom. The van der Waals surface area contributed by atoms with Gasteiger partial charge in [-0.2, -0.15) is 47.5 Å². The van der Waals surface area contributed by atoms with E-state index in [4.69, 9.17) is 0 Å². The van der Waals surface area contributed by atoms with Crippen LogP contribution in [-0.2, 0) is 41.5 Å². The molecule has 0 fully saturated rings. The SMILES string of the molecule is CC(C)(C)C1=[C-]C(C)(C)c2cc3c(cc21)-c1cc2c(cc1C3)C(C)(C)C=C2C(C)(C)C.CC1=CC(C)[C-]=C1.Cc1cc[c-]cc1.Cl.Cl.[CH2]=[Zr].[CH3-]. The predicted molar refractivity (Wildman–Crippen MR) is 223 cm³/mol. The van der Waals surface area contributed by atoms with E-state index in [9.17, 15) is 0 Å². The molecule has 0 nitrogen and oxygen atoms in total. The van der Waals surface area contributed by atoms with Crippen LogP contribution in [0.5, 0.6) is 0 Å². The molecule has 270 valence electrons. The summed E-state index contributed by atoms with van der Waals surface area (Å²) in [6.45, 7) is 29.6. The van der Waals surface area contributed by atoms with E-state index in [1.54, 1.807) is 0 Å². The molecule has 0 spiro atoms. The predicted octanol–water partition coefficient (Wildman–Crippen LogP) is 13.5. The van der Waals surface area contributed by atoms with Crippen molar-refractivity contribution in [2.45, 2.75) is 107 Å². The van der Waals surface area contributed by atoms with Gasteiger partial charge in [-0.15, -0.1) is 43.4 Å². The number of benzene rings is 3. The maximum absolute atomic E-state index is 3.85. The maximum Gasteiger partial charge on any atom is -0.358 e. The Balaban J connectivity index is 0.000000547. The van der Waals surface area contributed by atoms with Crippen LogP contribution in [0.4, 0.5) is 0 Å². The van der Waals surface area contributed by atoms with Gasteiger partial charge in [0.15, 0.2) is 0 Å². The second kappa shape index (κ2) is 17.2. The summed E-state index contributed by atoms with van der Waals surface area (Å²) in [5.74, 6) is 0.556. The van der Waals surface area contributed by atoms with Crippen LogP contribution in [0, 0.1) is 49.3 Å². The van der Waals surface area contributed by atoms with Crippen molar-refractivity contribution in [2.75, 3.05) is 0 Å². The topological polar surface area (TPSA) is 0 Å². The average molecular weight is 787 g/mol. The van der Waals surface area contributed by atoms with Gasteiger partial charge < -0.3 is 7.43 Å². The van der Waals surface area contributed by atoms with Gasteiger partial charge in [0.05, 0.1) is 0 Å². The number of rotatable bonds is 0. The number of fused-ring (bicyclic) bond motifs is 5. The van der Waals surface area contributed by atoms with Crippen LogP contribution in [0.25, 0.3) is 22.3 Å². The monoisotopic (exact) mass is 784 g/mol. The molecule has 0 bridgehead atoms. The van der Waals surface area contributed by atoms with Gasteiger partial charge in [0, 0.05) is 5.41 Å². The molecule has 0 heterocycles. The standard InChI is InChI=1S/C31H37.C7H9.C7H7.CH3.CH2.2ClH.Zr/c1-28(2,3)26-16-30(7,8)24-12-18-11-19-13-25-23(15-21(19)20(18)14-22(24)26)27(29(4,5)6)17-31(25,9)10;1-6-3-4-7(2)5-6;1-7-5-3-2-4-6-7;;;;;/h12-16H,11H2,1-10H3;3,5,7H,1-2H3;3-6H,1H3;1H3;1H2;2*1H;/q4*-1;;;;. The fourth-order valence-electron chi connectivity index (χ4n) is 7.17. The minimum Gasteiger partial charge on any atom is -0.358 e. The van der Waals surface area contributed by atoms with Gasteiger partial charge in [0.1, 0.15) is 0 Å². The molecule has 0 amide bonds. The summed E-state index contributed by atoms with van der Waals surface area (Å²) >= 11 is 1.30. The van der Waals surface area contributed by atoms with Crippen molar-refractivity contribution in [1.82, 2.24) is 0 Å². The summed E-state index contributed by atoms with van der Waals surface area (Å²) in [7, 11) is 0. The van der Waals surface area contributed by atoms with Crippen LogP contribution in [0.3, 0.4) is 0 Å². The van der Waals surface area contributed by atoms with E-state index in [1.165, 1.54) is 91.0 Å². The first-order chi connectivity index (χ1) is 21.8. The zero-order chi connectivity index (χ0) is 35.1. The molecule has 0 saturated carbocycles. The molecule has 1 unspecified atom stereocenters. The van der Waals surface area contributed by atoms with Gasteiger partial charge in [-0.05, 0) is 62.3 Å². The second-order valence-corrected chi connectivity index (χ2v) is 16.8. The van der Waals surface area contributed by atoms with Crippen molar-refractivity contribution in [1.29, 1.82) is 0 Å². The summed E-state index contributed by atoms with van der Waals surface area (Å²) in [5, 5.41) is 0. The zero-order valence-corrected chi connectivity index (χ0v) is 37.2. The molecule has 4 aliphatic carbocycles. The zero-order valence-electron chi connectivity index (χ0n) is 33.2. The first-order valence-corrected chi connectivity index (χ1v) is 18.8. The van der Waals surface area contributed by atoms with E-state index in [1.807, 2.05) is 30.3 Å². The minimum atomic E-state index is -0.0202. The third-order valence-corrected chi connectivity index (χ3v) is 9.56. The summed E-state index contributed by atoms with van der Waals surface area (Å²) < 4.78 is 3.34. The number of hydrogen-bond acceptors (Lipinski definition) is 0. The molecule has 0 aliphatic heterocycles. The molecule has 1 atom stereocenters. The Bertz CT molecular complexity index is 1670. The van der Waals surface area contributed by atoms with Gasteiger partial charge in [0.25, 0.3) is 0 Å². The summed E-state index contributed by atoms with van der Waals surface area (Å²) in [6, 6.07) is 20.8. The number of aryl methyl sites for hydroxylation is 1. The number of allylic oxidation sites excluding steroid dienone is 8. The van der Waals surface area contributed by atoms with Crippen LogP contribution in [-0.4, -0.2) is 4.21 Å². The van der Waals surface area contributed by atoms with Crippen LogP contribution in [0.1, 0.15) is 122 Å². The minimum absolute atomic E-state index is 0. The third-order valence-electron chi connectivity index (χ3n) is 9.56. The fraction of sp³-hybridized carbons (Fsp3) is 0.404. The molecule has 0 aromatic heterocycles. The molecule has 0 N–H and O–H groups in total. The van der Waals surface area contributed by atoms with E-state index in [-0.39, 0.29) is 53.9 Å². The van der Waals surface area contributed by atoms with Crippen molar-refractivity contribution in [3.8, 4) is 11.1 Å². The first-order valence-electron chi connectivity index (χ1n) is 17.1. The van der Waals surface area contributed by atoms with Crippen LogP contribution in [0.2, 0.25) is 0 Å². The third kappa shape index (κ3) is 9.88. The smallest absolute Gasteiger partial charge is 0.358 e. The van der Waals surface area contributed by atoms with E-state index in [0.29, 0.717) is 5.92 Å². The van der Waals surface area contributed by atoms with Gasteiger partial charge in [0.2, 0.25) is 0 Å². The second-order valence-electron chi connectivity index (χ2n) is 16.8. The number of hydrogen-bond donors (Lipinski definition) is 0. The quantitative estimate of drug-likeness (QED) is 0.156. The van der Waals surface area contributed by atoms with E-state index < -0.39 is 0 Å². The van der Waals surface area contributed by atoms with Crippen molar-refractivity contribution >= 4 is 40.2 Å². The van der Waals surface area contributed by atoms with E-state index >= 15 is 0 Å². The first kappa shape index (κ1) is 46.0. The van der Waals surface area contributed by atoms with Crippen molar-refractivity contribution in [3.05, 3.63) is 137 Å². The fourth-order valence-corrected chi connectivity index (χ4v) is 7.17. The Morgan fingerprint density at radius 2 is 1.28 bits per heavy atom. The van der Waals surface area contributed by atoms with E-state index in [0.717, 1.165) is 6.42 Å². The summed E-state index contributed by atoms with van der Waals surface area (Å²) in [5.41, 5.74) is 17.5. The van der Waals surface area contributed by atoms with Crippen molar-refractivity contribution in [2.24, 2.45) is 16.7 Å². The molecule has 3 heteroatoms. The van der Waals surface area contributed by atoms with Gasteiger partial charge in [-0.25, -0.2) is 17.2 Å². The summed E-state index contributed by atoms with van der Waals surface area (Å²) in [4.78, 5) is 0. The Labute approximate surface area is 334 Å². The molecular weight excluding hydrogens is 727 g/mol. The molecular formula is C47H60Cl2Zr-4. The average Bonchev–Trinajstić information content (AvgIpc) is 3.69. The molecule has 3 aromatic carbocycles. The molecule has 7 rings (SSSR count). The van der Waals surface area contributed by atoms with Crippen molar-refractivity contribution < 1.29 is 24.2 Å². The van der Waals surface area contributed by atoms with Crippen LogP contribution in [0.15, 0.2) is 72.3 Å². The van der Waals surface area contributed by atoms with Crippen molar-refractivity contribution in [3.63, 3.8) is 0 Å². The maximum atomic E-state index is 3.85. The molecule has 50 heavy (non-hydrogen) atoms. The normalized spacial score (nSPS) is 17.7. The van der Waals surface area contributed by atoms with Gasteiger partial charge >= 0.3 is 28.4 Å². The Hall–Kier alpha value is -2.05.